The van der Waals surface area contributed by atoms with Crippen LogP contribution in [0, 0.1) is 0 Å². The summed E-state index contributed by atoms with van der Waals surface area (Å²) in [6.45, 7) is 3.01. The molecule has 4 heteroatoms. The van der Waals surface area contributed by atoms with E-state index in [0.717, 1.165) is 23.9 Å². The molecule has 1 aromatic rings. The van der Waals surface area contributed by atoms with Crippen molar-refractivity contribution < 1.29 is 0 Å². The van der Waals surface area contributed by atoms with E-state index in [1.165, 1.54) is 5.69 Å². The number of hydrogen-bond donors (Lipinski definition) is 0. The average Bonchev–Trinajstić information content (AvgIpc) is 2.43. The van der Waals surface area contributed by atoms with Gasteiger partial charge in [0, 0.05) is 12.4 Å². The van der Waals surface area contributed by atoms with Gasteiger partial charge in [0.25, 0.3) is 0 Å². The van der Waals surface area contributed by atoms with Crippen LogP contribution in [0.2, 0.25) is 0 Å². The first kappa shape index (κ1) is 10.1. The lowest BCUT2D eigenvalue weighted by atomic mass is 10.2. The van der Waals surface area contributed by atoms with E-state index >= 15 is 0 Å². The zero-order valence-corrected chi connectivity index (χ0v) is 9.40. The highest BCUT2D eigenvalue weighted by Crippen LogP contribution is 2.17. The fourth-order valence-electron chi connectivity index (χ4n) is 1.14. The van der Waals surface area contributed by atoms with Crippen LogP contribution in [-0.4, -0.2) is 15.7 Å². The van der Waals surface area contributed by atoms with Crippen LogP contribution in [0.1, 0.15) is 19.0 Å². The predicted molar refractivity (Wildman–Crippen MR) is 54.6 cm³/mol. The zero-order chi connectivity index (χ0) is 8.97. The molecule has 0 fully saturated rings. The molecular weight excluding hydrogens is 239 g/mol. The number of nitrogens with zero attached hydrogens (tertiary/aromatic N) is 2. The van der Waals surface area contributed by atoms with Crippen LogP contribution in [0.4, 0.5) is 0 Å². The molecule has 0 spiro atoms. The fourth-order valence-corrected chi connectivity index (χ4v) is 1.77. The van der Waals surface area contributed by atoms with Crippen molar-refractivity contribution in [3.63, 3.8) is 0 Å². The van der Waals surface area contributed by atoms with Crippen LogP contribution in [0.15, 0.2) is 10.7 Å². The molecule has 0 saturated carbocycles. The summed E-state index contributed by atoms with van der Waals surface area (Å²) in [5, 5.41) is 4.21. The number of rotatable bonds is 4. The summed E-state index contributed by atoms with van der Waals surface area (Å²) in [4.78, 5) is 0. The predicted octanol–water partition coefficient (Wildman–Crippen LogP) is 2.84. The van der Waals surface area contributed by atoms with Crippen LogP contribution < -0.4 is 0 Å². The van der Waals surface area contributed by atoms with Gasteiger partial charge < -0.3 is 0 Å². The Morgan fingerprint density at radius 2 is 2.42 bits per heavy atom. The normalized spacial score (nSPS) is 10.6. The Morgan fingerprint density at radius 3 is 3.00 bits per heavy atom. The van der Waals surface area contributed by atoms with Gasteiger partial charge in [0.2, 0.25) is 0 Å². The number of alkyl halides is 1. The van der Waals surface area contributed by atoms with Gasteiger partial charge in [0.1, 0.15) is 0 Å². The molecule has 0 saturated heterocycles. The van der Waals surface area contributed by atoms with Gasteiger partial charge in [0.05, 0.1) is 16.4 Å². The summed E-state index contributed by atoms with van der Waals surface area (Å²) in [7, 11) is 0. The fraction of sp³-hybridized carbons (Fsp3) is 0.625. The maximum atomic E-state index is 5.62. The summed E-state index contributed by atoms with van der Waals surface area (Å²) in [6.07, 6.45) is 3.84. The first-order chi connectivity index (χ1) is 5.79. The van der Waals surface area contributed by atoms with Crippen LogP contribution in [0.25, 0.3) is 0 Å². The van der Waals surface area contributed by atoms with Crippen molar-refractivity contribution in [3.05, 3.63) is 16.4 Å². The van der Waals surface area contributed by atoms with Crippen LogP contribution in [-0.2, 0) is 13.0 Å². The highest BCUT2D eigenvalue weighted by Gasteiger charge is 2.05. The number of hydrogen-bond acceptors (Lipinski definition) is 1. The van der Waals surface area contributed by atoms with Gasteiger partial charge in [-0.05, 0) is 35.7 Å². The lowest BCUT2D eigenvalue weighted by Gasteiger charge is -2.03. The number of halogens is 2. The molecule has 68 valence electrons. The van der Waals surface area contributed by atoms with Gasteiger partial charge in [-0.15, -0.1) is 11.6 Å². The van der Waals surface area contributed by atoms with Crippen molar-refractivity contribution in [1.82, 2.24) is 9.78 Å². The standard InChI is InChI=1S/C8H12BrClN2/c1-2-12-8(4-3-5-10)7(9)6-11-12/h6H,2-5H2,1H3. The van der Waals surface area contributed by atoms with Crippen LogP contribution >= 0.6 is 27.5 Å². The third-order valence-corrected chi connectivity index (χ3v) is 2.67. The second kappa shape index (κ2) is 4.87. The molecule has 0 aliphatic carbocycles. The lowest BCUT2D eigenvalue weighted by molar-refractivity contribution is 0.615. The molecule has 0 aliphatic heterocycles. The maximum Gasteiger partial charge on any atom is 0.0635 e. The summed E-state index contributed by atoms with van der Waals surface area (Å²) < 4.78 is 3.09. The summed E-state index contributed by atoms with van der Waals surface area (Å²) in [6, 6.07) is 0. The molecule has 1 aromatic heterocycles. The molecule has 0 bridgehead atoms. The molecule has 0 aromatic carbocycles. The van der Waals surface area contributed by atoms with Crippen molar-refractivity contribution in [2.24, 2.45) is 0 Å². The molecule has 0 radical (unpaired) electrons. The molecule has 2 nitrogen and oxygen atoms in total. The molecule has 0 amide bonds. The molecule has 12 heavy (non-hydrogen) atoms. The van der Waals surface area contributed by atoms with E-state index in [1.54, 1.807) is 0 Å². The van der Waals surface area contributed by atoms with Crippen molar-refractivity contribution in [3.8, 4) is 0 Å². The van der Waals surface area contributed by atoms with Gasteiger partial charge in [-0.2, -0.15) is 5.10 Å². The van der Waals surface area contributed by atoms with E-state index in [-0.39, 0.29) is 0 Å². The van der Waals surface area contributed by atoms with Crippen molar-refractivity contribution in [1.29, 1.82) is 0 Å². The van der Waals surface area contributed by atoms with Crippen molar-refractivity contribution >= 4 is 27.5 Å². The number of aryl methyl sites for hydroxylation is 1. The second-order valence-electron chi connectivity index (χ2n) is 2.55. The quantitative estimate of drug-likeness (QED) is 0.753. The Bertz CT molecular complexity index is 247. The van der Waals surface area contributed by atoms with Gasteiger partial charge >= 0.3 is 0 Å². The Kier molecular flexibility index (Phi) is 4.09. The maximum absolute atomic E-state index is 5.62. The first-order valence-electron chi connectivity index (χ1n) is 4.05. The van der Waals surface area contributed by atoms with E-state index in [9.17, 15) is 0 Å². The molecule has 0 N–H and O–H groups in total. The SMILES string of the molecule is CCn1ncc(Br)c1CCCCl. The van der Waals surface area contributed by atoms with Gasteiger partial charge in [-0.1, -0.05) is 0 Å². The minimum absolute atomic E-state index is 0.710. The number of aromatic nitrogens is 2. The Labute approximate surface area is 86.0 Å². The third kappa shape index (κ3) is 2.23. The van der Waals surface area contributed by atoms with E-state index in [1.807, 2.05) is 10.9 Å². The highest BCUT2D eigenvalue weighted by atomic mass is 79.9. The Balaban J connectivity index is 2.72. The van der Waals surface area contributed by atoms with Gasteiger partial charge in [-0.3, -0.25) is 4.68 Å². The summed E-state index contributed by atoms with van der Waals surface area (Å²) in [5.74, 6) is 0.710. The van der Waals surface area contributed by atoms with E-state index in [0.29, 0.717) is 5.88 Å². The van der Waals surface area contributed by atoms with E-state index in [2.05, 4.69) is 28.0 Å². The largest absolute Gasteiger partial charge is 0.269 e. The average molecular weight is 252 g/mol. The highest BCUT2D eigenvalue weighted by molar-refractivity contribution is 9.10. The molecule has 0 atom stereocenters. The van der Waals surface area contributed by atoms with Crippen molar-refractivity contribution in [2.45, 2.75) is 26.3 Å². The minimum Gasteiger partial charge on any atom is -0.269 e. The zero-order valence-electron chi connectivity index (χ0n) is 7.06. The smallest absolute Gasteiger partial charge is 0.0635 e. The van der Waals surface area contributed by atoms with E-state index < -0.39 is 0 Å². The summed E-state index contributed by atoms with van der Waals surface area (Å²) >= 11 is 9.08. The molecule has 0 aliphatic rings. The monoisotopic (exact) mass is 250 g/mol. The molecule has 1 rings (SSSR count). The lowest BCUT2D eigenvalue weighted by Crippen LogP contribution is -2.03. The molecular formula is C8H12BrClN2. The van der Waals surface area contributed by atoms with Crippen LogP contribution in [0.3, 0.4) is 0 Å². The topological polar surface area (TPSA) is 17.8 Å². The van der Waals surface area contributed by atoms with Gasteiger partial charge in [-0.25, -0.2) is 0 Å². The Hall–Kier alpha value is -0.0200. The minimum atomic E-state index is 0.710. The van der Waals surface area contributed by atoms with Gasteiger partial charge in [0.15, 0.2) is 0 Å². The third-order valence-electron chi connectivity index (χ3n) is 1.74. The molecule has 1 heterocycles. The Morgan fingerprint density at radius 1 is 1.67 bits per heavy atom. The second-order valence-corrected chi connectivity index (χ2v) is 3.78. The van der Waals surface area contributed by atoms with Crippen molar-refractivity contribution in [2.75, 3.05) is 5.88 Å². The molecule has 0 unspecified atom stereocenters. The van der Waals surface area contributed by atoms with Crippen LogP contribution in [0.5, 0.6) is 0 Å². The summed E-state index contributed by atoms with van der Waals surface area (Å²) in [5.41, 5.74) is 1.25. The first-order valence-corrected chi connectivity index (χ1v) is 5.38. The van der Waals surface area contributed by atoms with E-state index in [4.69, 9.17) is 11.6 Å².